The lowest BCUT2D eigenvalue weighted by molar-refractivity contribution is 0.0989. The molecule has 5 rings (SSSR count). The predicted octanol–water partition coefficient (Wildman–Crippen LogP) is 4.32. The van der Waals surface area contributed by atoms with Crippen molar-refractivity contribution in [3.05, 3.63) is 98.5 Å². The molecule has 32 heavy (non-hydrogen) atoms. The number of aromatic amines is 1. The number of carbonyl (C=O) groups excluding carboxylic acids is 1. The van der Waals surface area contributed by atoms with Gasteiger partial charge in [-0.15, -0.1) is 0 Å². The monoisotopic (exact) mass is 443 g/mol. The molecule has 160 valence electrons. The standard InChI is InChI=1S/C25H21N3O3S/c1-31-22-9-5-3-7-18(22)15-28-24(30)19-11-10-17(14-20(19)26-25(28)32)23(29)27-13-12-16-6-2-4-8-21(16)27/h2-11,14H,12-13,15H2,1H3,(H,26,32). The van der Waals surface area contributed by atoms with E-state index in [2.05, 4.69) is 4.98 Å². The molecule has 1 aromatic heterocycles. The lowest BCUT2D eigenvalue weighted by atomic mass is 10.1. The summed E-state index contributed by atoms with van der Waals surface area (Å²) in [7, 11) is 1.60. The Hall–Kier alpha value is -3.71. The number of rotatable bonds is 4. The number of amides is 1. The zero-order valence-electron chi connectivity index (χ0n) is 17.5. The lowest BCUT2D eigenvalue weighted by Gasteiger charge is -2.18. The van der Waals surface area contributed by atoms with Crippen molar-refractivity contribution < 1.29 is 9.53 Å². The molecule has 0 bridgehead atoms. The first-order valence-corrected chi connectivity index (χ1v) is 10.8. The summed E-state index contributed by atoms with van der Waals surface area (Å²) < 4.78 is 7.20. The van der Waals surface area contributed by atoms with Gasteiger partial charge >= 0.3 is 0 Å². The summed E-state index contributed by atoms with van der Waals surface area (Å²) in [6, 6.07) is 20.6. The number of fused-ring (bicyclic) bond motifs is 2. The summed E-state index contributed by atoms with van der Waals surface area (Å²) in [5.41, 5.74) is 3.82. The number of ether oxygens (including phenoxy) is 1. The van der Waals surface area contributed by atoms with Crippen LogP contribution >= 0.6 is 12.2 Å². The number of para-hydroxylation sites is 2. The van der Waals surface area contributed by atoms with Gasteiger partial charge < -0.3 is 14.6 Å². The Kier molecular flexibility index (Phi) is 5.11. The Morgan fingerprint density at radius 3 is 2.72 bits per heavy atom. The number of nitrogens with one attached hydrogen (secondary N) is 1. The molecule has 6 nitrogen and oxygen atoms in total. The smallest absolute Gasteiger partial charge is 0.262 e. The van der Waals surface area contributed by atoms with Gasteiger partial charge in [0.2, 0.25) is 0 Å². The van der Waals surface area contributed by atoms with Crippen molar-refractivity contribution in [3.8, 4) is 5.75 Å². The molecule has 0 unspecified atom stereocenters. The van der Waals surface area contributed by atoms with Crippen molar-refractivity contribution in [1.82, 2.24) is 9.55 Å². The van der Waals surface area contributed by atoms with E-state index in [0.717, 1.165) is 17.7 Å². The fourth-order valence-electron chi connectivity index (χ4n) is 4.24. The van der Waals surface area contributed by atoms with Crippen LogP contribution in [0.3, 0.4) is 0 Å². The van der Waals surface area contributed by atoms with Gasteiger partial charge in [-0.05, 0) is 54.5 Å². The maximum atomic E-state index is 13.2. The summed E-state index contributed by atoms with van der Waals surface area (Å²) in [6.07, 6.45) is 0.839. The van der Waals surface area contributed by atoms with E-state index >= 15 is 0 Å². The normalized spacial score (nSPS) is 12.7. The van der Waals surface area contributed by atoms with Gasteiger partial charge in [0.25, 0.3) is 11.5 Å². The van der Waals surface area contributed by atoms with E-state index in [1.165, 1.54) is 10.1 Å². The van der Waals surface area contributed by atoms with Crippen LogP contribution in [0.5, 0.6) is 5.75 Å². The largest absolute Gasteiger partial charge is 0.496 e. The Balaban J connectivity index is 1.52. The average Bonchev–Trinajstić information content (AvgIpc) is 3.25. The SMILES string of the molecule is COc1ccccc1Cn1c(=S)[nH]c2cc(C(=O)N3CCc4ccccc43)ccc2c1=O. The molecule has 3 aromatic carbocycles. The number of benzene rings is 3. The van der Waals surface area contributed by atoms with Crippen LogP contribution in [-0.2, 0) is 13.0 Å². The molecular weight excluding hydrogens is 422 g/mol. The maximum absolute atomic E-state index is 13.2. The van der Waals surface area contributed by atoms with Gasteiger partial charge in [0, 0.05) is 23.4 Å². The molecule has 1 aliphatic heterocycles. The zero-order chi connectivity index (χ0) is 22.2. The minimum Gasteiger partial charge on any atom is -0.496 e. The van der Waals surface area contributed by atoms with E-state index in [-0.39, 0.29) is 11.5 Å². The number of nitrogens with zero attached hydrogens (tertiary/aromatic N) is 2. The average molecular weight is 444 g/mol. The summed E-state index contributed by atoms with van der Waals surface area (Å²) in [4.78, 5) is 31.3. The molecule has 0 fully saturated rings. The third-order valence-corrected chi connectivity index (χ3v) is 6.20. The number of hydrogen-bond donors (Lipinski definition) is 1. The third kappa shape index (κ3) is 3.40. The number of H-pyrrole nitrogens is 1. The fourth-order valence-corrected chi connectivity index (χ4v) is 4.50. The van der Waals surface area contributed by atoms with Crippen LogP contribution < -0.4 is 15.2 Å². The van der Waals surface area contributed by atoms with Crippen LogP contribution in [0, 0.1) is 4.77 Å². The highest BCUT2D eigenvalue weighted by Gasteiger charge is 2.25. The number of anilines is 1. The molecule has 4 aromatic rings. The van der Waals surface area contributed by atoms with Gasteiger partial charge in [-0.2, -0.15) is 0 Å². The first kappa shape index (κ1) is 20.2. The van der Waals surface area contributed by atoms with Crippen LogP contribution in [0.1, 0.15) is 21.5 Å². The molecule has 0 radical (unpaired) electrons. The molecule has 0 saturated carbocycles. The second kappa shape index (κ2) is 8.09. The zero-order valence-corrected chi connectivity index (χ0v) is 18.3. The molecule has 1 amide bonds. The van der Waals surface area contributed by atoms with E-state index < -0.39 is 0 Å². The minimum atomic E-state index is -0.208. The number of carbonyl (C=O) groups is 1. The first-order chi connectivity index (χ1) is 15.6. The van der Waals surface area contributed by atoms with Gasteiger partial charge in [-0.1, -0.05) is 36.4 Å². The number of methoxy groups -OCH3 is 1. The summed E-state index contributed by atoms with van der Waals surface area (Å²) in [5, 5.41) is 0.479. The van der Waals surface area contributed by atoms with Crippen LogP contribution in [0.25, 0.3) is 10.9 Å². The minimum absolute atomic E-state index is 0.0885. The molecule has 0 saturated heterocycles. The van der Waals surface area contributed by atoms with Crippen LogP contribution in [-0.4, -0.2) is 29.1 Å². The Morgan fingerprint density at radius 2 is 1.88 bits per heavy atom. The fraction of sp³-hybridized carbons (Fsp3) is 0.160. The van der Waals surface area contributed by atoms with Gasteiger partial charge in [0.1, 0.15) is 5.75 Å². The van der Waals surface area contributed by atoms with Crippen molar-refractivity contribution in [3.63, 3.8) is 0 Å². The van der Waals surface area contributed by atoms with Crippen molar-refractivity contribution in [2.45, 2.75) is 13.0 Å². The van der Waals surface area contributed by atoms with Gasteiger partial charge in [0.05, 0.1) is 24.6 Å². The van der Waals surface area contributed by atoms with E-state index in [1.807, 2.05) is 48.5 Å². The predicted molar refractivity (Wildman–Crippen MR) is 127 cm³/mol. The molecule has 0 atom stereocenters. The molecule has 1 N–H and O–H groups in total. The Morgan fingerprint density at radius 1 is 1.09 bits per heavy atom. The highest BCUT2D eigenvalue weighted by Crippen LogP contribution is 2.29. The lowest BCUT2D eigenvalue weighted by Crippen LogP contribution is -2.29. The van der Waals surface area contributed by atoms with Crippen molar-refractivity contribution in [1.29, 1.82) is 0 Å². The highest BCUT2D eigenvalue weighted by molar-refractivity contribution is 7.71. The second-order valence-electron chi connectivity index (χ2n) is 7.73. The Bertz CT molecular complexity index is 1470. The van der Waals surface area contributed by atoms with E-state index in [4.69, 9.17) is 17.0 Å². The van der Waals surface area contributed by atoms with Crippen molar-refractivity contribution in [2.24, 2.45) is 0 Å². The maximum Gasteiger partial charge on any atom is 0.262 e. The molecule has 0 spiro atoms. The second-order valence-corrected chi connectivity index (χ2v) is 8.12. The Labute approximate surface area is 189 Å². The molecule has 1 aliphatic rings. The van der Waals surface area contributed by atoms with Crippen LogP contribution in [0.4, 0.5) is 5.69 Å². The molecular formula is C25H21N3O3S. The van der Waals surface area contributed by atoms with E-state index in [1.54, 1.807) is 30.2 Å². The topological polar surface area (TPSA) is 67.3 Å². The van der Waals surface area contributed by atoms with Crippen molar-refractivity contribution in [2.75, 3.05) is 18.6 Å². The molecule has 7 heteroatoms. The van der Waals surface area contributed by atoms with E-state index in [0.29, 0.717) is 40.1 Å². The van der Waals surface area contributed by atoms with Crippen LogP contribution in [0.2, 0.25) is 0 Å². The highest BCUT2D eigenvalue weighted by atomic mass is 32.1. The van der Waals surface area contributed by atoms with Gasteiger partial charge in [-0.25, -0.2) is 0 Å². The van der Waals surface area contributed by atoms with Gasteiger partial charge in [0.15, 0.2) is 4.77 Å². The van der Waals surface area contributed by atoms with Gasteiger partial charge in [-0.3, -0.25) is 14.2 Å². The van der Waals surface area contributed by atoms with E-state index in [9.17, 15) is 9.59 Å². The summed E-state index contributed by atoms with van der Waals surface area (Å²) in [6.45, 7) is 0.937. The number of aromatic nitrogens is 2. The molecule has 2 heterocycles. The number of hydrogen-bond acceptors (Lipinski definition) is 4. The van der Waals surface area contributed by atoms with Crippen LogP contribution in [0.15, 0.2) is 71.5 Å². The summed E-state index contributed by atoms with van der Waals surface area (Å²) >= 11 is 5.49. The third-order valence-electron chi connectivity index (χ3n) is 5.88. The first-order valence-electron chi connectivity index (χ1n) is 10.4. The van der Waals surface area contributed by atoms with Crippen molar-refractivity contribution >= 4 is 34.7 Å². The summed E-state index contributed by atoms with van der Waals surface area (Å²) in [5.74, 6) is 0.607. The molecule has 0 aliphatic carbocycles. The quantitative estimate of drug-likeness (QED) is 0.477.